The normalized spacial score (nSPS) is 20.4. The first kappa shape index (κ1) is 20.8. The van der Waals surface area contributed by atoms with Gasteiger partial charge in [-0.05, 0) is 19.3 Å². The summed E-state index contributed by atoms with van der Waals surface area (Å²) in [7, 11) is 1.78. The van der Waals surface area contributed by atoms with Crippen molar-refractivity contribution < 1.29 is 4.79 Å². The smallest absolute Gasteiger partial charge is 0.225 e. The highest BCUT2D eigenvalue weighted by molar-refractivity contribution is 7.09. The third-order valence-electron chi connectivity index (χ3n) is 6.05. The molecular formula is C23H31N5OS. The van der Waals surface area contributed by atoms with Crippen molar-refractivity contribution in [2.45, 2.75) is 51.1 Å². The molecule has 1 amide bonds. The van der Waals surface area contributed by atoms with Crippen LogP contribution in [-0.4, -0.2) is 47.9 Å². The Hall–Kier alpha value is -2.41. The van der Waals surface area contributed by atoms with Crippen molar-refractivity contribution in [1.29, 1.82) is 0 Å². The Balaban J connectivity index is 1.25. The summed E-state index contributed by atoms with van der Waals surface area (Å²) in [5, 5.41) is 9.97. The van der Waals surface area contributed by atoms with Gasteiger partial charge in [0.05, 0.1) is 12.2 Å². The number of rotatable bonds is 5. The summed E-state index contributed by atoms with van der Waals surface area (Å²) >= 11 is 1.65. The first-order chi connectivity index (χ1) is 14.7. The predicted octanol–water partition coefficient (Wildman–Crippen LogP) is 3.66. The molecule has 1 atom stereocenters. The quantitative estimate of drug-likeness (QED) is 0.567. The van der Waals surface area contributed by atoms with Crippen molar-refractivity contribution >= 4 is 23.2 Å². The Labute approximate surface area is 182 Å². The maximum atomic E-state index is 12.8. The summed E-state index contributed by atoms with van der Waals surface area (Å²) in [6.45, 7) is 2.25. The maximum Gasteiger partial charge on any atom is 0.225 e. The number of hydrogen-bond acceptors (Lipinski definition) is 4. The zero-order chi connectivity index (χ0) is 20.8. The molecule has 2 aromatic rings. The standard InChI is InChI=1S/C23H31N5OS/c1-24-23(25-14-21-27-20(16-30-21)17-8-4-2-5-9-17)26-19-12-13-28(15-19)22(29)18-10-6-3-7-11-18/h2,4-5,8-9,16,18-19H,3,6-7,10-15H2,1H3,(H2,24,25,26). The largest absolute Gasteiger partial charge is 0.352 e. The van der Waals surface area contributed by atoms with Crippen LogP contribution >= 0.6 is 11.3 Å². The fourth-order valence-electron chi connectivity index (χ4n) is 4.37. The van der Waals surface area contributed by atoms with Gasteiger partial charge in [-0.1, -0.05) is 49.6 Å². The van der Waals surface area contributed by atoms with Crippen molar-refractivity contribution in [2.24, 2.45) is 10.9 Å². The van der Waals surface area contributed by atoms with Gasteiger partial charge in [0.15, 0.2) is 5.96 Å². The zero-order valence-corrected chi connectivity index (χ0v) is 18.5. The van der Waals surface area contributed by atoms with Gasteiger partial charge in [-0.2, -0.15) is 0 Å². The second-order valence-corrected chi connectivity index (χ2v) is 9.11. The van der Waals surface area contributed by atoms with Crippen LogP contribution in [0.3, 0.4) is 0 Å². The number of thiazole rings is 1. The average molecular weight is 426 g/mol. The fourth-order valence-corrected chi connectivity index (χ4v) is 5.11. The monoisotopic (exact) mass is 425 g/mol. The van der Waals surface area contributed by atoms with Gasteiger partial charge < -0.3 is 15.5 Å². The van der Waals surface area contributed by atoms with Crippen molar-refractivity contribution in [1.82, 2.24) is 20.5 Å². The number of guanidine groups is 1. The van der Waals surface area contributed by atoms with E-state index < -0.39 is 0 Å². The molecule has 1 aliphatic carbocycles. The van der Waals surface area contributed by atoms with Crippen molar-refractivity contribution in [3.05, 3.63) is 40.7 Å². The Morgan fingerprint density at radius 3 is 2.77 bits per heavy atom. The summed E-state index contributed by atoms with van der Waals surface area (Å²) in [4.78, 5) is 23.9. The van der Waals surface area contributed by atoms with Gasteiger partial charge in [0.25, 0.3) is 0 Å². The Morgan fingerprint density at radius 2 is 2.00 bits per heavy atom. The number of amides is 1. The number of aromatic nitrogens is 1. The Bertz CT molecular complexity index is 859. The molecule has 2 heterocycles. The molecule has 2 fully saturated rings. The molecule has 6 nitrogen and oxygen atoms in total. The van der Waals surface area contributed by atoms with Crippen LogP contribution < -0.4 is 10.6 Å². The molecule has 0 bridgehead atoms. The molecule has 1 unspecified atom stereocenters. The van der Waals surface area contributed by atoms with Crippen molar-refractivity contribution in [3.63, 3.8) is 0 Å². The highest BCUT2D eigenvalue weighted by Crippen LogP contribution is 2.27. The molecule has 2 aliphatic rings. The highest BCUT2D eigenvalue weighted by atomic mass is 32.1. The second-order valence-electron chi connectivity index (χ2n) is 8.17. The third kappa shape index (κ3) is 5.19. The maximum absolute atomic E-state index is 12.8. The first-order valence-electron chi connectivity index (χ1n) is 11.0. The van der Waals surface area contributed by atoms with Gasteiger partial charge in [-0.25, -0.2) is 4.98 Å². The summed E-state index contributed by atoms with van der Waals surface area (Å²) in [6.07, 6.45) is 6.78. The van der Waals surface area contributed by atoms with Gasteiger partial charge in [0.2, 0.25) is 5.91 Å². The summed E-state index contributed by atoms with van der Waals surface area (Å²) < 4.78 is 0. The van der Waals surface area contributed by atoms with E-state index >= 15 is 0 Å². The number of benzene rings is 1. The molecule has 1 saturated heterocycles. The molecule has 7 heteroatoms. The van der Waals surface area contributed by atoms with Crippen LogP contribution in [-0.2, 0) is 11.3 Å². The molecule has 1 aromatic heterocycles. The number of hydrogen-bond donors (Lipinski definition) is 2. The second kappa shape index (κ2) is 10.1. The topological polar surface area (TPSA) is 69.6 Å². The van der Waals surface area contributed by atoms with Crippen molar-refractivity contribution in [3.8, 4) is 11.3 Å². The Kier molecular flexibility index (Phi) is 7.00. The van der Waals surface area contributed by atoms with E-state index in [-0.39, 0.29) is 12.0 Å². The van der Waals surface area contributed by atoms with E-state index in [0.29, 0.717) is 12.5 Å². The van der Waals surface area contributed by atoms with Crippen LogP contribution in [0.25, 0.3) is 11.3 Å². The molecule has 1 saturated carbocycles. The molecule has 2 N–H and O–H groups in total. The average Bonchev–Trinajstić information content (AvgIpc) is 3.47. The lowest BCUT2D eigenvalue weighted by molar-refractivity contribution is -0.135. The SMILES string of the molecule is CN=C(NCc1nc(-c2ccccc2)cs1)NC1CCN(C(=O)C2CCCCC2)C1. The van der Waals surface area contributed by atoms with E-state index in [1.807, 2.05) is 23.1 Å². The minimum atomic E-state index is 0.249. The third-order valence-corrected chi connectivity index (χ3v) is 6.90. The molecular weight excluding hydrogens is 394 g/mol. The number of nitrogens with zero attached hydrogens (tertiary/aromatic N) is 3. The van der Waals surface area contributed by atoms with E-state index in [0.717, 1.165) is 54.6 Å². The predicted molar refractivity (Wildman–Crippen MR) is 122 cm³/mol. The van der Waals surface area contributed by atoms with Crippen LogP contribution in [0.15, 0.2) is 40.7 Å². The van der Waals surface area contributed by atoms with Gasteiger partial charge >= 0.3 is 0 Å². The number of aliphatic imine (C=N–C) groups is 1. The molecule has 30 heavy (non-hydrogen) atoms. The lowest BCUT2D eigenvalue weighted by atomic mass is 9.88. The molecule has 0 radical (unpaired) electrons. The molecule has 4 rings (SSSR count). The molecule has 1 aromatic carbocycles. The van der Waals surface area contributed by atoms with E-state index in [1.54, 1.807) is 18.4 Å². The number of likely N-dealkylation sites (tertiary alicyclic amines) is 1. The van der Waals surface area contributed by atoms with Gasteiger partial charge in [0.1, 0.15) is 5.01 Å². The molecule has 1 aliphatic heterocycles. The van der Waals surface area contributed by atoms with E-state index in [1.165, 1.54) is 19.3 Å². The van der Waals surface area contributed by atoms with Gasteiger partial charge in [-0.3, -0.25) is 9.79 Å². The lowest BCUT2D eigenvalue weighted by Crippen LogP contribution is -2.45. The molecule has 0 spiro atoms. The van der Waals surface area contributed by atoms with Gasteiger partial charge in [0, 0.05) is 43.0 Å². The van der Waals surface area contributed by atoms with Crippen LogP contribution in [0.1, 0.15) is 43.5 Å². The highest BCUT2D eigenvalue weighted by Gasteiger charge is 2.31. The van der Waals surface area contributed by atoms with Crippen LogP contribution in [0.5, 0.6) is 0 Å². The van der Waals surface area contributed by atoms with Crippen LogP contribution in [0.4, 0.5) is 0 Å². The summed E-state index contributed by atoms with van der Waals surface area (Å²) in [5.74, 6) is 1.38. The van der Waals surface area contributed by atoms with Gasteiger partial charge in [-0.15, -0.1) is 11.3 Å². The number of carbonyl (C=O) groups is 1. The van der Waals surface area contributed by atoms with E-state index in [4.69, 9.17) is 4.98 Å². The lowest BCUT2D eigenvalue weighted by Gasteiger charge is -2.26. The van der Waals surface area contributed by atoms with Crippen LogP contribution in [0, 0.1) is 5.92 Å². The van der Waals surface area contributed by atoms with Crippen LogP contribution in [0.2, 0.25) is 0 Å². The summed E-state index contributed by atoms with van der Waals surface area (Å²) in [5.41, 5.74) is 2.14. The number of carbonyl (C=O) groups excluding carboxylic acids is 1. The summed E-state index contributed by atoms with van der Waals surface area (Å²) in [6, 6.07) is 10.5. The van der Waals surface area contributed by atoms with Crippen molar-refractivity contribution in [2.75, 3.05) is 20.1 Å². The van der Waals surface area contributed by atoms with E-state index in [9.17, 15) is 4.79 Å². The zero-order valence-electron chi connectivity index (χ0n) is 17.6. The van der Waals surface area contributed by atoms with E-state index in [2.05, 4.69) is 33.1 Å². The minimum absolute atomic E-state index is 0.249. The fraction of sp³-hybridized carbons (Fsp3) is 0.522. The first-order valence-corrected chi connectivity index (χ1v) is 11.9. The molecule has 160 valence electrons. The minimum Gasteiger partial charge on any atom is -0.352 e. The Morgan fingerprint density at radius 1 is 1.20 bits per heavy atom. The number of nitrogens with one attached hydrogen (secondary N) is 2.